The van der Waals surface area contributed by atoms with E-state index in [0.717, 1.165) is 0 Å². The monoisotopic (exact) mass is 253 g/mol. The van der Waals surface area contributed by atoms with E-state index in [4.69, 9.17) is 5.11 Å². The number of phenolic OH excluding ortho intramolecular Hbond substituents is 1. The summed E-state index contributed by atoms with van der Waals surface area (Å²) in [5, 5.41) is 11.7. The normalized spacial score (nSPS) is 18.4. The zero-order valence-corrected chi connectivity index (χ0v) is 10.2. The summed E-state index contributed by atoms with van der Waals surface area (Å²) in [7, 11) is -3.40. The summed E-state index contributed by atoms with van der Waals surface area (Å²) in [5.41, 5.74) is 0. The summed E-state index contributed by atoms with van der Waals surface area (Å²) < 4.78 is 24.7. The zero-order chi connectivity index (χ0) is 12.5. The van der Waals surface area contributed by atoms with Crippen molar-refractivity contribution in [3.8, 4) is 5.75 Å². The highest BCUT2D eigenvalue weighted by atomic mass is 32.2. The fraction of sp³-hybridized carbons (Fsp3) is 0.333. The van der Waals surface area contributed by atoms with E-state index in [1.165, 1.54) is 30.3 Å². The van der Waals surface area contributed by atoms with Gasteiger partial charge in [-0.25, -0.2) is 8.42 Å². The van der Waals surface area contributed by atoms with Crippen molar-refractivity contribution in [1.82, 2.24) is 5.32 Å². The predicted octanol–water partition coefficient (Wildman–Crippen LogP) is 0.940. The average Bonchev–Trinajstić information content (AvgIpc) is 2.23. The minimum atomic E-state index is -3.40. The molecule has 0 saturated carbocycles. The molecule has 1 aromatic carbocycles. The fourth-order valence-corrected chi connectivity index (χ4v) is 3.69. The van der Waals surface area contributed by atoms with Gasteiger partial charge >= 0.3 is 0 Å². The molecule has 1 heterocycles. The van der Waals surface area contributed by atoms with Crippen LogP contribution in [0.2, 0.25) is 0 Å². The summed E-state index contributed by atoms with van der Waals surface area (Å²) in [6.07, 6.45) is 1.49. The molecule has 1 unspecified atom stereocenters. The second-order valence-electron chi connectivity index (χ2n) is 4.16. The first-order chi connectivity index (χ1) is 8.05. The lowest BCUT2D eigenvalue weighted by Crippen LogP contribution is -2.50. The predicted molar refractivity (Wildman–Crippen MR) is 65.6 cm³/mol. The van der Waals surface area contributed by atoms with Crippen LogP contribution in [0.4, 0.5) is 0 Å². The first kappa shape index (κ1) is 12.1. The number of hydrogen-bond acceptors (Lipinski definition) is 4. The molecule has 92 valence electrons. The van der Waals surface area contributed by atoms with Crippen LogP contribution in [0.15, 0.2) is 41.8 Å². The van der Waals surface area contributed by atoms with Crippen molar-refractivity contribution in [2.45, 2.75) is 10.1 Å². The molecule has 1 fully saturated rings. The van der Waals surface area contributed by atoms with Gasteiger partial charge in [-0.15, -0.1) is 6.58 Å². The van der Waals surface area contributed by atoms with Crippen LogP contribution in [0.3, 0.4) is 0 Å². The van der Waals surface area contributed by atoms with Gasteiger partial charge in [-0.05, 0) is 24.3 Å². The van der Waals surface area contributed by atoms with Gasteiger partial charge in [-0.2, -0.15) is 0 Å². The molecule has 0 bridgehead atoms. The standard InChI is InChI=1S/C12H15NO3S/c1-2-12(9-7-13-8-9)17(15,16)11-5-3-10(14)4-6-11/h2-6,9,12-14H,1,7-8H2. The Morgan fingerprint density at radius 2 is 1.94 bits per heavy atom. The molecule has 1 saturated heterocycles. The molecule has 0 spiro atoms. The molecule has 0 radical (unpaired) electrons. The van der Waals surface area contributed by atoms with Crippen molar-refractivity contribution >= 4 is 9.84 Å². The second kappa shape index (κ2) is 4.50. The molecule has 2 N–H and O–H groups in total. The minimum Gasteiger partial charge on any atom is -0.508 e. The zero-order valence-electron chi connectivity index (χ0n) is 9.33. The summed E-state index contributed by atoms with van der Waals surface area (Å²) >= 11 is 0. The van der Waals surface area contributed by atoms with Crippen LogP contribution in [0.5, 0.6) is 5.75 Å². The van der Waals surface area contributed by atoms with Crippen molar-refractivity contribution in [1.29, 1.82) is 0 Å². The van der Waals surface area contributed by atoms with Crippen molar-refractivity contribution in [3.63, 3.8) is 0 Å². The number of phenols is 1. The van der Waals surface area contributed by atoms with Crippen LogP contribution < -0.4 is 5.32 Å². The molecule has 1 aliphatic rings. The Morgan fingerprint density at radius 3 is 2.35 bits per heavy atom. The highest BCUT2D eigenvalue weighted by Crippen LogP contribution is 2.26. The third-order valence-corrected chi connectivity index (χ3v) is 5.26. The number of nitrogens with one attached hydrogen (secondary N) is 1. The van der Waals surface area contributed by atoms with Gasteiger partial charge in [0.1, 0.15) is 5.75 Å². The number of hydrogen-bond donors (Lipinski definition) is 2. The minimum absolute atomic E-state index is 0.0596. The average molecular weight is 253 g/mol. The molecular formula is C12H15NO3S. The quantitative estimate of drug-likeness (QED) is 0.784. The van der Waals surface area contributed by atoms with Crippen molar-refractivity contribution in [3.05, 3.63) is 36.9 Å². The van der Waals surface area contributed by atoms with Crippen LogP contribution >= 0.6 is 0 Å². The Hall–Kier alpha value is -1.33. The molecule has 0 aromatic heterocycles. The third kappa shape index (κ3) is 2.21. The van der Waals surface area contributed by atoms with Gasteiger partial charge < -0.3 is 10.4 Å². The van der Waals surface area contributed by atoms with E-state index in [0.29, 0.717) is 13.1 Å². The lowest BCUT2D eigenvalue weighted by molar-refractivity contribution is 0.351. The van der Waals surface area contributed by atoms with Crippen LogP contribution in [0.25, 0.3) is 0 Å². The van der Waals surface area contributed by atoms with Gasteiger partial charge in [0.05, 0.1) is 10.1 Å². The molecule has 0 aliphatic carbocycles. The summed E-state index contributed by atoms with van der Waals surface area (Å²) in [6.45, 7) is 5.02. The van der Waals surface area contributed by atoms with Crippen molar-refractivity contribution in [2.24, 2.45) is 5.92 Å². The van der Waals surface area contributed by atoms with Crippen LogP contribution in [-0.2, 0) is 9.84 Å². The second-order valence-corrected chi connectivity index (χ2v) is 6.26. The Balaban J connectivity index is 2.33. The molecular weight excluding hydrogens is 238 g/mol. The Kier molecular flexibility index (Phi) is 3.22. The summed E-state index contributed by atoms with van der Waals surface area (Å²) in [6, 6.07) is 5.61. The first-order valence-electron chi connectivity index (χ1n) is 5.42. The first-order valence-corrected chi connectivity index (χ1v) is 6.96. The smallest absolute Gasteiger partial charge is 0.185 e. The molecule has 4 nitrogen and oxygen atoms in total. The van der Waals surface area contributed by atoms with E-state index in [1.54, 1.807) is 0 Å². The topological polar surface area (TPSA) is 66.4 Å². The van der Waals surface area contributed by atoms with Crippen LogP contribution in [0, 0.1) is 5.92 Å². The Bertz CT molecular complexity index is 503. The maximum Gasteiger partial charge on any atom is 0.185 e. The number of aromatic hydroxyl groups is 1. The maximum absolute atomic E-state index is 12.3. The van der Waals surface area contributed by atoms with Crippen molar-refractivity contribution < 1.29 is 13.5 Å². The molecule has 1 aromatic rings. The van der Waals surface area contributed by atoms with E-state index in [1.807, 2.05) is 0 Å². The molecule has 1 aliphatic heterocycles. The van der Waals surface area contributed by atoms with E-state index in [9.17, 15) is 8.42 Å². The molecule has 0 amide bonds. The lowest BCUT2D eigenvalue weighted by Gasteiger charge is -2.32. The largest absolute Gasteiger partial charge is 0.508 e. The SMILES string of the molecule is C=CC(C1CNC1)S(=O)(=O)c1ccc(O)cc1. The molecule has 2 rings (SSSR count). The van der Waals surface area contributed by atoms with E-state index in [-0.39, 0.29) is 16.6 Å². The Morgan fingerprint density at radius 1 is 1.35 bits per heavy atom. The van der Waals surface area contributed by atoms with E-state index >= 15 is 0 Å². The maximum atomic E-state index is 12.3. The third-order valence-electron chi connectivity index (χ3n) is 3.03. The molecule has 1 atom stereocenters. The molecule has 17 heavy (non-hydrogen) atoms. The van der Waals surface area contributed by atoms with E-state index < -0.39 is 15.1 Å². The van der Waals surface area contributed by atoms with Gasteiger partial charge in [0, 0.05) is 19.0 Å². The van der Waals surface area contributed by atoms with Crippen LogP contribution in [0.1, 0.15) is 0 Å². The number of rotatable bonds is 4. The molecule has 5 heteroatoms. The van der Waals surface area contributed by atoms with Gasteiger partial charge in [0.25, 0.3) is 0 Å². The summed E-state index contributed by atoms with van der Waals surface area (Å²) in [5.74, 6) is 0.149. The van der Waals surface area contributed by atoms with Crippen LogP contribution in [-0.4, -0.2) is 31.9 Å². The van der Waals surface area contributed by atoms with Gasteiger partial charge in [0.2, 0.25) is 0 Å². The summed E-state index contributed by atoms with van der Waals surface area (Å²) in [4.78, 5) is 0.229. The number of benzene rings is 1. The van der Waals surface area contributed by atoms with Gasteiger partial charge in [-0.1, -0.05) is 6.08 Å². The highest BCUT2D eigenvalue weighted by molar-refractivity contribution is 7.92. The van der Waals surface area contributed by atoms with E-state index in [2.05, 4.69) is 11.9 Å². The van der Waals surface area contributed by atoms with Crippen molar-refractivity contribution in [2.75, 3.05) is 13.1 Å². The highest BCUT2D eigenvalue weighted by Gasteiger charge is 2.35. The van der Waals surface area contributed by atoms with Gasteiger partial charge in [-0.3, -0.25) is 0 Å². The van der Waals surface area contributed by atoms with Gasteiger partial charge in [0.15, 0.2) is 9.84 Å². The lowest BCUT2D eigenvalue weighted by atomic mass is 9.99. The Labute approximate surface area is 101 Å². The number of sulfone groups is 1. The fourth-order valence-electron chi connectivity index (χ4n) is 1.91.